The maximum absolute atomic E-state index is 11.5. The van der Waals surface area contributed by atoms with Gasteiger partial charge in [-0.2, -0.15) is 0 Å². The molecule has 3 nitrogen and oxygen atoms in total. The minimum Gasteiger partial charge on any atom is -0.445 e. The molecule has 1 aromatic rings. The van der Waals surface area contributed by atoms with Gasteiger partial charge in [0.05, 0.1) is 0 Å². The minimum absolute atomic E-state index is 0.293. The summed E-state index contributed by atoms with van der Waals surface area (Å²) in [5, 5.41) is 2.87. The third-order valence-corrected chi connectivity index (χ3v) is 3.99. The van der Waals surface area contributed by atoms with Gasteiger partial charge in [-0.1, -0.05) is 30.3 Å². The van der Waals surface area contributed by atoms with Crippen LogP contribution in [0.1, 0.15) is 24.8 Å². The Hall–Kier alpha value is -1.51. The molecule has 2 bridgehead atoms. The zero-order valence-corrected chi connectivity index (χ0v) is 9.82. The van der Waals surface area contributed by atoms with Crippen LogP contribution in [0.15, 0.2) is 30.3 Å². The normalized spacial score (nSPS) is 28.8. The Bertz CT molecular complexity index is 398. The van der Waals surface area contributed by atoms with Crippen LogP contribution in [0.3, 0.4) is 0 Å². The zero-order chi connectivity index (χ0) is 11.7. The minimum atomic E-state index is -0.293. The topological polar surface area (TPSA) is 38.3 Å². The molecule has 1 N–H and O–H groups in total. The molecule has 0 aromatic heterocycles. The van der Waals surface area contributed by atoms with Crippen molar-refractivity contribution in [3.63, 3.8) is 0 Å². The molecule has 3 fully saturated rings. The molecule has 0 saturated heterocycles. The van der Waals surface area contributed by atoms with Gasteiger partial charge in [0, 0.05) is 6.54 Å². The lowest BCUT2D eigenvalue weighted by Crippen LogP contribution is -2.57. The lowest BCUT2D eigenvalue weighted by molar-refractivity contribution is -0.102. The molecule has 3 saturated carbocycles. The van der Waals surface area contributed by atoms with Crippen molar-refractivity contribution < 1.29 is 9.53 Å². The summed E-state index contributed by atoms with van der Waals surface area (Å²) in [5.41, 5.74) is 1.46. The summed E-state index contributed by atoms with van der Waals surface area (Å²) in [5.74, 6) is 0.956. The van der Waals surface area contributed by atoms with Crippen molar-refractivity contribution >= 4 is 6.09 Å². The second-order valence-corrected chi connectivity index (χ2v) is 5.39. The van der Waals surface area contributed by atoms with Crippen LogP contribution >= 0.6 is 0 Å². The number of ether oxygens (including phenoxy) is 1. The van der Waals surface area contributed by atoms with E-state index < -0.39 is 0 Å². The second kappa shape index (κ2) is 4.06. The first-order valence-electron chi connectivity index (χ1n) is 6.20. The predicted octanol–water partition coefficient (Wildman–Crippen LogP) is 2.71. The Labute approximate surface area is 101 Å². The van der Waals surface area contributed by atoms with Gasteiger partial charge < -0.3 is 10.1 Å². The van der Waals surface area contributed by atoms with Crippen LogP contribution in [0.25, 0.3) is 0 Å². The maximum atomic E-state index is 11.5. The number of nitrogens with one attached hydrogen (secondary N) is 1. The smallest absolute Gasteiger partial charge is 0.407 e. The first-order valence-corrected chi connectivity index (χ1v) is 6.20. The Morgan fingerprint density at radius 3 is 2.59 bits per heavy atom. The monoisotopic (exact) mass is 231 g/mol. The quantitative estimate of drug-likeness (QED) is 0.865. The molecule has 3 aliphatic carbocycles. The van der Waals surface area contributed by atoms with Gasteiger partial charge in [0.1, 0.15) is 6.61 Å². The number of benzene rings is 1. The summed E-state index contributed by atoms with van der Waals surface area (Å²) in [6, 6.07) is 9.74. The van der Waals surface area contributed by atoms with Gasteiger partial charge in [0.2, 0.25) is 0 Å². The van der Waals surface area contributed by atoms with Crippen molar-refractivity contribution in [3.8, 4) is 0 Å². The van der Waals surface area contributed by atoms with Gasteiger partial charge in [0.25, 0.3) is 0 Å². The van der Waals surface area contributed by atoms with Gasteiger partial charge in [-0.25, -0.2) is 4.79 Å². The Balaban J connectivity index is 1.38. The Morgan fingerprint density at radius 2 is 2.00 bits per heavy atom. The first-order chi connectivity index (χ1) is 8.26. The average molecular weight is 231 g/mol. The zero-order valence-electron chi connectivity index (χ0n) is 9.82. The molecule has 1 amide bonds. The highest BCUT2D eigenvalue weighted by atomic mass is 16.5. The molecule has 0 aliphatic heterocycles. The van der Waals surface area contributed by atoms with E-state index in [2.05, 4.69) is 5.32 Å². The van der Waals surface area contributed by atoms with Gasteiger partial charge >= 0.3 is 6.09 Å². The van der Waals surface area contributed by atoms with Crippen LogP contribution in [0, 0.1) is 11.3 Å². The molecule has 3 heteroatoms. The first kappa shape index (κ1) is 10.6. The van der Waals surface area contributed by atoms with Crippen molar-refractivity contribution in [2.45, 2.75) is 25.9 Å². The number of rotatable bonds is 4. The summed E-state index contributed by atoms with van der Waals surface area (Å²) in [6.45, 7) is 1.14. The summed E-state index contributed by atoms with van der Waals surface area (Å²) >= 11 is 0. The molecule has 0 atom stereocenters. The Kier molecular flexibility index (Phi) is 2.54. The van der Waals surface area contributed by atoms with Crippen molar-refractivity contribution in [2.24, 2.45) is 11.3 Å². The van der Waals surface area contributed by atoms with Gasteiger partial charge in [-0.05, 0) is 36.2 Å². The summed E-state index contributed by atoms with van der Waals surface area (Å²) in [7, 11) is 0. The number of amides is 1. The van der Waals surface area contributed by atoms with E-state index in [9.17, 15) is 4.79 Å². The van der Waals surface area contributed by atoms with Crippen LogP contribution in [-0.4, -0.2) is 12.6 Å². The van der Waals surface area contributed by atoms with E-state index >= 15 is 0 Å². The molecule has 0 unspecified atom stereocenters. The van der Waals surface area contributed by atoms with Gasteiger partial charge in [0.15, 0.2) is 0 Å². The van der Waals surface area contributed by atoms with Crippen molar-refractivity contribution in [1.82, 2.24) is 5.32 Å². The summed E-state index contributed by atoms with van der Waals surface area (Å²) in [4.78, 5) is 11.5. The van der Waals surface area contributed by atoms with Gasteiger partial charge in [-0.3, -0.25) is 0 Å². The molecular formula is C14H17NO2. The summed E-state index contributed by atoms with van der Waals surface area (Å²) in [6.07, 6.45) is 3.60. The van der Waals surface area contributed by atoms with E-state index in [0.717, 1.165) is 18.0 Å². The van der Waals surface area contributed by atoms with E-state index in [-0.39, 0.29) is 6.09 Å². The highest BCUT2D eigenvalue weighted by Crippen LogP contribution is 2.63. The fourth-order valence-corrected chi connectivity index (χ4v) is 2.91. The molecular weight excluding hydrogens is 214 g/mol. The van der Waals surface area contributed by atoms with Crippen LogP contribution in [0.5, 0.6) is 0 Å². The van der Waals surface area contributed by atoms with Crippen LogP contribution in [-0.2, 0) is 11.3 Å². The highest BCUT2D eigenvalue weighted by molar-refractivity contribution is 5.67. The molecule has 0 spiro atoms. The number of alkyl carbamates (subject to hydrolysis) is 1. The van der Waals surface area contributed by atoms with E-state index in [1.165, 1.54) is 19.3 Å². The largest absolute Gasteiger partial charge is 0.445 e. The fraction of sp³-hybridized carbons (Fsp3) is 0.500. The fourth-order valence-electron chi connectivity index (χ4n) is 2.91. The SMILES string of the molecule is O=C(NCC12CC(C1)C2)OCc1ccccc1. The van der Waals surface area contributed by atoms with E-state index in [4.69, 9.17) is 4.74 Å². The van der Waals surface area contributed by atoms with E-state index in [0.29, 0.717) is 12.0 Å². The van der Waals surface area contributed by atoms with Crippen molar-refractivity contribution in [1.29, 1.82) is 0 Å². The van der Waals surface area contributed by atoms with Crippen LogP contribution in [0.4, 0.5) is 4.79 Å². The third-order valence-electron chi connectivity index (χ3n) is 3.99. The maximum Gasteiger partial charge on any atom is 0.407 e. The molecule has 90 valence electrons. The molecule has 17 heavy (non-hydrogen) atoms. The van der Waals surface area contributed by atoms with E-state index in [1.54, 1.807) is 0 Å². The standard InChI is InChI=1S/C14H17NO2/c16-13(15-10-14-6-12(7-14)8-14)17-9-11-4-2-1-3-5-11/h1-5,12H,6-10H2,(H,15,16). The molecule has 0 radical (unpaired) electrons. The molecule has 3 aliphatic rings. The lowest BCUT2D eigenvalue weighted by Gasteiger charge is -2.61. The van der Waals surface area contributed by atoms with Crippen LogP contribution < -0.4 is 5.32 Å². The lowest BCUT2D eigenvalue weighted by atomic mass is 9.44. The van der Waals surface area contributed by atoms with Crippen molar-refractivity contribution in [2.75, 3.05) is 6.54 Å². The summed E-state index contributed by atoms with van der Waals surface area (Å²) < 4.78 is 5.16. The number of hydrogen-bond donors (Lipinski definition) is 1. The second-order valence-electron chi connectivity index (χ2n) is 5.39. The average Bonchev–Trinajstić information content (AvgIpc) is 2.24. The van der Waals surface area contributed by atoms with Gasteiger partial charge in [-0.15, -0.1) is 0 Å². The Morgan fingerprint density at radius 1 is 1.29 bits per heavy atom. The predicted molar refractivity (Wildman–Crippen MR) is 64.4 cm³/mol. The highest BCUT2D eigenvalue weighted by Gasteiger charge is 2.56. The molecule has 1 aromatic carbocycles. The number of hydrogen-bond acceptors (Lipinski definition) is 2. The number of carbonyl (C=O) groups excluding carboxylic acids is 1. The third kappa shape index (κ3) is 2.14. The van der Waals surface area contributed by atoms with E-state index in [1.807, 2.05) is 30.3 Å². The molecule has 4 rings (SSSR count). The van der Waals surface area contributed by atoms with Crippen LogP contribution in [0.2, 0.25) is 0 Å². The van der Waals surface area contributed by atoms with Crippen molar-refractivity contribution in [3.05, 3.63) is 35.9 Å². The number of carbonyl (C=O) groups is 1. The molecule has 0 heterocycles.